The second-order valence-corrected chi connectivity index (χ2v) is 4.02. The van der Waals surface area contributed by atoms with Gasteiger partial charge in [-0.25, -0.2) is 4.98 Å². The first-order valence-electron chi connectivity index (χ1n) is 5.98. The molecule has 0 amide bonds. The number of aromatic nitrogens is 2. The maximum absolute atomic E-state index is 12.3. The summed E-state index contributed by atoms with van der Waals surface area (Å²) in [6.45, 7) is 2.81. The van der Waals surface area contributed by atoms with Crippen molar-refractivity contribution in [3.8, 4) is 0 Å². The largest absolute Gasteiger partial charge is 0.417 e. The highest BCUT2D eigenvalue weighted by atomic mass is 19.4. The van der Waals surface area contributed by atoms with Gasteiger partial charge in [0.2, 0.25) is 0 Å². The van der Waals surface area contributed by atoms with Crippen molar-refractivity contribution in [3.63, 3.8) is 0 Å². The van der Waals surface area contributed by atoms with Crippen molar-refractivity contribution in [2.45, 2.75) is 19.6 Å². The normalized spacial score (nSPS) is 12.0. The summed E-state index contributed by atoms with van der Waals surface area (Å²) in [6, 6.07) is 5.97. The van der Waals surface area contributed by atoms with Crippen molar-refractivity contribution < 1.29 is 13.2 Å². The number of nitrogens with one attached hydrogen (secondary N) is 1. The summed E-state index contributed by atoms with van der Waals surface area (Å²) in [6.07, 6.45) is -0.107. The standard InChI is InChI=1S/C13H13F3N4/c1-2-20-7-3-4-11(20)9-18-19-12-6-5-10(8-17-12)13(14,15)16/h3-9H,2H2,1H3,(H,17,19)/b18-9-. The minimum Gasteiger partial charge on any atom is -0.347 e. The first-order valence-corrected chi connectivity index (χ1v) is 5.98. The molecular formula is C13H13F3N4. The number of nitrogens with zero attached hydrogens (tertiary/aromatic N) is 3. The van der Waals surface area contributed by atoms with Crippen molar-refractivity contribution in [3.05, 3.63) is 47.9 Å². The molecule has 2 aromatic heterocycles. The van der Waals surface area contributed by atoms with Crippen LogP contribution in [0.1, 0.15) is 18.2 Å². The molecule has 7 heteroatoms. The summed E-state index contributed by atoms with van der Waals surface area (Å²) in [4.78, 5) is 3.65. The molecule has 20 heavy (non-hydrogen) atoms. The molecule has 0 aliphatic carbocycles. The molecule has 0 unspecified atom stereocenters. The van der Waals surface area contributed by atoms with Crippen LogP contribution in [0.25, 0.3) is 0 Å². The molecule has 0 saturated carbocycles. The maximum atomic E-state index is 12.3. The molecule has 106 valence electrons. The van der Waals surface area contributed by atoms with Gasteiger partial charge in [-0.15, -0.1) is 0 Å². The Morgan fingerprint density at radius 1 is 1.35 bits per heavy atom. The van der Waals surface area contributed by atoms with Gasteiger partial charge in [0.1, 0.15) is 5.82 Å². The Hall–Kier alpha value is -2.31. The molecule has 0 aliphatic heterocycles. The number of rotatable bonds is 4. The van der Waals surface area contributed by atoms with E-state index in [1.807, 2.05) is 29.8 Å². The molecule has 2 rings (SSSR count). The van der Waals surface area contributed by atoms with Gasteiger partial charge in [0.25, 0.3) is 0 Å². The molecule has 0 atom stereocenters. The van der Waals surface area contributed by atoms with Gasteiger partial charge in [-0.05, 0) is 31.2 Å². The summed E-state index contributed by atoms with van der Waals surface area (Å²) in [5.74, 6) is 0.254. The first-order chi connectivity index (χ1) is 9.50. The van der Waals surface area contributed by atoms with Crippen LogP contribution in [0.2, 0.25) is 0 Å². The van der Waals surface area contributed by atoms with E-state index in [9.17, 15) is 13.2 Å². The quantitative estimate of drug-likeness (QED) is 0.690. The van der Waals surface area contributed by atoms with Crippen molar-refractivity contribution in [1.29, 1.82) is 0 Å². The number of hydrogen-bond donors (Lipinski definition) is 1. The van der Waals surface area contributed by atoms with E-state index in [2.05, 4.69) is 15.5 Å². The lowest BCUT2D eigenvalue weighted by atomic mass is 10.3. The Kier molecular flexibility index (Phi) is 4.07. The van der Waals surface area contributed by atoms with E-state index < -0.39 is 11.7 Å². The average molecular weight is 282 g/mol. The van der Waals surface area contributed by atoms with Gasteiger partial charge in [0.15, 0.2) is 0 Å². The van der Waals surface area contributed by atoms with Crippen LogP contribution in [0.3, 0.4) is 0 Å². The summed E-state index contributed by atoms with van der Waals surface area (Å²) >= 11 is 0. The molecule has 2 aromatic rings. The van der Waals surface area contributed by atoms with Gasteiger partial charge in [-0.3, -0.25) is 5.43 Å². The minimum absolute atomic E-state index is 0.254. The lowest BCUT2D eigenvalue weighted by molar-refractivity contribution is -0.137. The van der Waals surface area contributed by atoms with Crippen LogP contribution in [0, 0.1) is 0 Å². The SMILES string of the molecule is CCn1cccc1/C=N\Nc1ccc(C(F)(F)F)cn1. The van der Waals surface area contributed by atoms with Crippen LogP contribution in [0.5, 0.6) is 0 Å². The van der Waals surface area contributed by atoms with Crippen molar-refractivity contribution >= 4 is 12.0 Å². The predicted molar refractivity (Wildman–Crippen MR) is 70.6 cm³/mol. The molecule has 2 heterocycles. The Morgan fingerprint density at radius 2 is 2.15 bits per heavy atom. The van der Waals surface area contributed by atoms with Crippen LogP contribution < -0.4 is 5.43 Å². The van der Waals surface area contributed by atoms with Crippen LogP contribution >= 0.6 is 0 Å². The second-order valence-electron chi connectivity index (χ2n) is 4.02. The van der Waals surface area contributed by atoms with E-state index >= 15 is 0 Å². The summed E-state index contributed by atoms with van der Waals surface area (Å²) in [5.41, 5.74) is 2.70. The van der Waals surface area contributed by atoms with Gasteiger partial charge in [0, 0.05) is 18.9 Å². The minimum atomic E-state index is -4.38. The fraction of sp³-hybridized carbons (Fsp3) is 0.231. The Bertz CT molecular complexity index is 584. The Morgan fingerprint density at radius 3 is 2.75 bits per heavy atom. The predicted octanol–water partition coefficient (Wildman–Crippen LogP) is 3.37. The molecule has 0 fully saturated rings. The highest BCUT2D eigenvalue weighted by Gasteiger charge is 2.30. The molecular weight excluding hydrogens is 269 g/mol. The third kappa shape index (κ3) is 3.37. The summed E-state index contributed by atoms with van der Waals surface area (Å²) in [7, 11) is 0. The van der Waals surface area contributed by atoms with Crippen LogP contribution in [-0.4, -0.2) is 15.8 Å². The van der Waals surface area contributed by atoms with E-state index in [0.29, 0.717) is 0 Å². The van der Waals surface area contributed by atoms with Crippen LogP contribution in [0.15, 0.2) is 41.8 Å². The summed E-state index contributed by atoms with van der Waals surface area (Å²) < 4.78 is 39.0. The molecule has 0 radical (unpaired) electrons. The number of hydrogen-bond acceptors (Lipinski definition) is 3. The van der Waals surface area contributed by atoms with Gasteiger partial charge >= 0.3 is 6.18 Å². The van der Waals surface area contributed by atoms with E-state index in [1.165, 1.54) is 6.07 Å². The third-order valence-corrected chi connectivity index (χ3v) is 2.67. The highest BCUT2D eigenvalue weighted by molar-refractivity contribution is 5.78. The number of aryl methyl sites for hydroxylation is 1. The number of hydrazone groups is 1. The Balaban J connectivity index is 2.01. The van der Waals surface area contributed by atoms with Gasteiger partial charge < -0.3 is 4.57 Å². The molecule has 0 aromatic carbocycles. The topological polar surface area (TPSA) is 42.2 Å². The zero-order valence-electron chi connectivity index (χ0n) is 10.7. The maximum Gasteiger partial charge on any atom is 0.417 e. The van der Waals surface area contributed by atoms with Crippen LogP contribution in [-0.2, 0) is 12.7 Å². The fourth-order valence-electron chi connectivity index (χ4n) is 1.62. The first kappa shape index (κ1) is 14.1. The zero-order chi connectivity index (χ0) is 14.6. The van der Waals surface area contributed by atoms with Gasteiger partial charge in [-0.2, -0.15) is 18.3 Å². The van der Waals surface area contributed by atoms with Gasteiger partial charge in [0.05, 0.1) is 17.5 Å². The number of pyridine rings is 1. The molecule has 0 spiro atoms. The number of alkyl halides is 3. The molecule has 0 saturated heterocycles. The zero-order valence-corrected chi connectivity index (χ0v) is 10.7. The third-order valence-electron chi connectivity index (χ3n) is 2.67. The number of anilines is 1. The molecule has 0 bridgehead atoms. The van der Waals surface area contributed by atoms with Crippen molar-refractivity contribution in [2.24, 2.45) is 5.10 Å². The van der Waals surface area contributed by atoms with Crippen LogP contribution in [0.4, 0.5) is 19.0 Å². The monoisotopic (exact) mass is 282 g/mol. The van der Waals surface area contributed by atoms with E-state index in [-0.39, 0.29) is 5.82 Å². The Labute approximate surface area is 113 Å². The molecule has 1 N–H and O–H groups in total. The highest BCUT2D eigenvalue weighted by Crippen LogP contribution is 2.28. The lowest BCUT2D eigenvalue weighted by Crippen LogP contribution is -2.06. The number of halogens is 3. The van der Waals surface area contributed by atoms with Crippen molar-refractivity contribution in [2.75, 3.05) is 5.43 Å². The van der Waals surface area contributed by atoms with E-state index in [1.54, 1.807) is 6.21 Å². The van der Waals surface area contributed by atoms with Gasteiger partial charge in [-0.1, -0.05) is 0 Å². The fourth-order valence-corrected chi connectivity index (χ4v) is 1.62. The molecule has 4 nitrogen and oxygen atoms in total. The average Bonchev–Trinajstić information content (AvgIpc) is 2.86. The van der Waals surface area contributed by atoms with E-state index in [4.69, 9.17) is 0 Å². The van der Waals surface area contributed by atoms with Crippen molar-refractivity contribution in [1.82, 2.24) is 9.55 Å². The smallest absolute Gasteiger partial charge is 0.347 e. The second kappa shape index (κ2) is 5.77. The summed E-state index contributed by atoms with van der Waals surface area (Å²) in [5, 5.41) is 3.94. The molecule has 0 aliphatic rings. The lowest BCUT2D eigenvalue weighted by Gasteiger charge is -2.06. The van der Waals surface area contributed by atoms with E-state index in [0.717, 1.165) is 24.5 Å².